The van der Waals surface area contributed by atoms with Crippen molar-refractivity contribution in [3.8, 4) is 0 Å². The normalized spacial score (nSPS) is 12.6. The molecular weight excluding hydrogens is 457 g/mol. The standard InChI is InChI=1S/C15H15Br2Cl2NS/c1-2-6-20-12(13-8-10(16)15(17)21-13)7-9-4-3-5-11(18)14(9)19/h3-5,8,12,20H,2,6-7H2,1H3. The van der Waals surface area contributed by atoms with Crippen LogP contribution in [0.5, 0.6) is 0 Å². The van der Waals surface area contributed by atoms with E-state index in [-0.39, 0.29) is 6.04 Å². The summed E-state index contributed by atoms with van der Waals surface area (Å²) in [7, 11) is 0. The Balaban J connectivity index is 2.26. The average Bonchev–Trinajstić information content (AvgIpc) is 2.79. The fraction of sp³-hybridized carbons (Fsp3) is 0.333. The van der Waals surface area contributed by atoms with Crippen LogP contribution in [0.15, 0.2) is 32.5 Å². The van der Waals surface area contributed by atoms with Crippen molar-refractivity contribution in [1.82, 2.24) is 5.32 Å². The van der Waals surface area contributed by atoms with Crippen LogP contribution in [0, 0.1) is 0 Å². The molecule has 114 valence electrons. The van der Waals surface area contributed by atoms with Crippen LogP contribution in [0.25, 0.3) is 0 Å². The fourth-order valence-electron chi connectivity index (χ4n) is 2.05. The van der Waals surface area contributed by atoms with E-state index in [0.717, 1.165) is 33.2 Å². The molecule has 21 heavy (non-hydrogen) atoms. The van der Waals surface area contributed by atoms with Crippen molar-refractivity contribution in [2.45, 2.75) is 25.8 Å². The molecular formula is C15H15Br2Cl2NS. The van der Waals surface area contributed by atoms with Gasteiger partial charge >= 0.3 is 0 Å². The first-order valence-corrected chi connectivity index (χ1v) is 9.79. The second-order valence-electron chi connectivity index (χ2n) is 4.69. The molecule has 1 nitrogen and oxygen atoms in total. The zero-order chi connectivity index (χ0) is 15.4. The van der Waals surface area contributed by atoms with Crippen LogP contribution in [0.4, 0.5) is 0 Å². The summed E-state index contributed by atoms with van der Waals surface area (Å²) in [5.41, 5.74) is 1.07. The van der Waals surface area contributed by atoms with E-state index in [1.807, 2.05) is 18.2 Å². The van der Waals surface area contributed by atoms with E-state index in [2.05, 4.69) is 50.2 Å². The van der Waals surface area contributed by atoms with Gasteiger partial charge in [0.15, 0.2) is 0 Å². The summed E-state index contributed by atoms with van der Waals surface area (Å²) >= 11 is 21.3. The first-order valence-electron chi connectivity index (χ1n) is 6.64. The topological polar surface area (TPSA) is 12.0 Å². The minimum atomic E-state index is 0.230. The summed E-state index contributed by atoms with van der Waals surface area (Å²) in [6.45, 7) is 3.13. The number of benzene rings is 1. The van der Waals surface area contributed by atoms with Crippen LogP contribution >= 0.6 is 66.4 Å². The quantitative estimate of drug-likeness (QED) is 0.485. The Labute approximate surface area is 156 Å². The third-order valence-electron chi connectivity index (χ3n) is 3.10. The van der Waals surface area contributed by atoms with Gasteiger partial charge in [0.1, 0.15) is 0 Å². The Hall–Kier alpha value is 0.420. The molecule has 1 atom stereocenters. The van der Waals surface area contributed by atoms with Crippen molar-refractivity contribution < 1.29 is 0 Å². The maximum atomic E-state index is 6.32. The highest BCUT2D eigenvalue weighted by molar-refractivity contribution is 9.13. The molecule has 1 N–H and O–H groups in total. The SMILES string of the molecule is CCCNC(Cc1cccc(Cl)c1Cl)c1cc(Br)c(Br)s1. The summed E-state index contributed by atoms with van der Waals surface area (Å²) in [5.74, 6) is 0. The zero-order valence-corrected chi connectivity index (χ0v) is 16.9. The Bertz CT molecular complexity index is 596. The molecule has 1 aromatic heterocycles. The molecule has 2 aromatic rings. The van der Waals surface area contributed by atoms with Gasteiger partial charge in [0, 0.05) is 15.4 Å². The second-order valence-corrected chi connectivity index (χ2v) is 8.74. The van der Waals surface area contributed by atoms with Gasteiger partial charge in [-0.15, -0.1) is 11.3 Å². The fourth-order valence-corrected chi connectivity index (χ4v) is 4.62. The van der Waals surface area contributed by atoms with Crippen LogP contribution in [-0.4, -0.2) is 6.54 Å². The Kier molecular flexibility index (Phi) is 7.04. The molecule has 0 aliphatic heterocycles. The number of hydrogen-bond donors (Lipinski definition) is 1. The molecule has 0 fully saturated rings. The Morgan fingerprint density at radius 2 is 2.05 bits per heavy atom. The predicted molar refractivity (Wildman–Crippen MR) is 101 cm³/mol. The lowest BCUT2D eigenvalue weighted by atomic mass is 10.0. The highest BCUT2D eigenvalue weighted by Gasteiger charge is 2.18. The summed E-state index contributed by atoms with van der Waals surface area (Å²) in [4.78, 5) is 1.28. The largest absolute Gasteiger partial charge is 0.309 e. The molecule has 1 unspecified atom stereocenters. The molecule has 0 aliphatic carbocycles. The number of hydrogen-bond acceptors (Lipinski definition) is 2. The number of nitrogens with one attached hydrogen (secondary N) is 1. The maximum absolute atomic E-state index is 6.32. The third kappa shape index (κ3) is 4.69. The lowest BCUT2D eigenvalue weighted by Crippen LogP contribution is -2.23. The first-order chi connectivity index (χ1) is 10.0. The molecule has 0 amide bonds. The van der Waals surface area contributed by atoms with Crippen molar-refractivity contribution >= 4 is 66.4 Å². The van der Waals surface area contributed by atoms with Gasteiger partial charge in [-0.2, -0.15) is 0 Å². The third-order valence-corrected chi connectivity index (χ3v) is 7.33. The van der Waals surface area contributed by atoms with Gasteiger partial charge in [-0.05, 0) is 68.9 Å². The number of halogens is 4. The van der Waals surface area contributed by atoms with Gasteiger partial charge in [-0.25, -0.2) is 0 Å². The monoisotopic (exact) mass is 469 g/mol. The van der Waals surface area contributed by atoms with E-state index >= 15 is 0 Å². The van der Waals surface area contributed by atoms with Crippen molar-refractivity contribution in [1.29, 1.82) is 0 Å². The molecule has 0 bridgehead atoms. The zero-order valence-electron chi connectivity index (χ0n) is 11.4. The minimum absolute atomic E-state index is 0.230. The van der Waals surface area contributed by atoms with Gasteiger partial charge in [0.05, 0.1) is 13.8 Å². The van der Waals surface area contributed by atoms with E-state index < -0.39 is 0 Å². The van der Waals surface area contributed by atoms with Crippen molar-refractivity contribution in [2.24, 2.45) is 0 Å². The lowest BCUT2D eigenvalue weighted by Gasteiger charge is -2.18. The molecule has 6 heteroatoms. The van der Waals surface area contributed by atoms with Gasteiger partial charge in [0.2, 0.25) is 0 Å². The van der Waals surface area contributed by atoms with E-state index in [9.17, 15) is 0 Å². The van der Waals surface area contributed by atoms with Crippen LogP contribution < -0.4 is 5.32 Å². The van der Waals surface area contributed by atoms with Crippen LogP contribution in [0.1, 0.15) is 29.8 Å². The molecule has 0 aliphatic rings. The molecule has 0 saturated heterocycles. The van der Waals surface area contributed by atoms with Crippen molar-refractivity contribution in [2.75, 3.05) is 6.54 Å². The van der Waals surface area contributed by atoms with Crippen molar-refractivity contribution in [3.05, 3.63) is 53.0 Å². The van der Waals surface area contributed by atoms with Crippen LogP contribution in [0.3, 0.4) is 0 Å². The van der Waals surface area contributed by atoms with Gasteiger partial charge < -0.3 is 5.32 Å². The number of rotatable bonds is 6. The molecule has 0 spiro atoms. The summed E-state index contributed by atoms with van der Waals surface area (Å²) in [6.07, 6.45) is 1.91. The van der Waals surface area contributed by atoms with E-state index in [0.29, 0.717) is 10.0 Å². The highest BCUT2D eigenvalue weighted by atomic mass is 79.9. The summed E-state index contributed by atoms with van der Waals surface area (Å²) < 4.78 is 2.20. The average molecular weight is 472 g/mol. The van der Waals surface area contributed by atoms with Crippen LogP contribution in [-0.2, 0) is 6.42 Å². The van der Waals surface area contributed by atoms with E-state index in [1.165, 1.54) is 4.88 Å². The van der Waals surface area contributed by atoms with E-state index in [1.54, 1.807) is 11.3 Å². The molecule has 0 saturated carbocycles. The van der Waals surface area contributed by atoms with Gasteiger partial charge in [-0.1, -0.05) is 42.3 Å². The minimum Gasteiger partial charge on any atom is -0.309 e. The molecule has 0 radical (unpaired) electrons. The summed E-state index contributed by atoms with van der Waals surface area (Å²) in [5, 5.41) is 4.85. The van der Waals surface area contributed by atoms with Crippen LogP contribution in [0.2, 0.25) is 10.0 Å². The predicted octanol–water partition coefficient (Wildman–Crippen LogP) is 6.86. The second kappa shape index (κ2) is 8.32. The smallest absolute Gasteiger partial charge is 0.0843 e. The highest BCUT2D eigenvalue weighted by Crippen LogP contribution is 2.37. The van der Waals surface area contributed by atoms with Gasteiger partial charge in [-0.3, -0.25) is 0 Å². The van der Waals surface area contributed by atoms with Gasteiger partial charge in [0.25, 0.3) is 0 Å². The Morgan fingerprint density at radius 3 is 2.67 bits per heavy atom. The lowest BCUT2D eigenvalue weighted by molar-refractivity contribution is 0.536. The first kappa shape index (κ1) is 17.8. The Morgan fingerprint density at radius 1 is 1.29 bits per heavy atom. The molecule has 2 rings (SSSR count). The summed E-state index contributed by atoms with van der Waals surface area (Å²) in [6, 6.07) is 8.18. The maximum Gasteiger partial charge on any atom is 0.0843 e. The van der Waals surface area contributed by atoms with E-state index in [4.69, 9.17) is 23.2 Å². The number of thiophene rings is 1. The molecule has 1 aromatic carbocycles. The molecule has 1 heterocycles. The van der Waals surface area contributed by atoms with Crippen molar-refractivity contribution in [3.63, 3.8) is 0 Å².